The summed E-state index contributed by atoms with van der Waals surface area (Å²) in [4.78, 5) is 11.3. The summed E-state index contributed by atoms with van der Waals surface area (Å²) >= 11 is 2.79. The molecule has 0 spiro atoms. The number of benzene rings is 1. The normalized spacial score (nSPS) is 11.4. The Morgan fingerprint density at radius 2 is 2.15 bits per heavy atom. The first-order valence-electron chi connectivity index (χ1n) is 5.56. The van der Waals surface area contributed by atoms with Gasteiger partial charge in [0.2, 0.25) is 10.0 Å². The molecule has 3 N–H and O–H groups in total. The standard InChI is InChI=1S/C11H14BrFN2O4S/c1-19-4-2-3-15-11(16)7-5-8(13)10(12)9(6-7)20(14,17)18/h5-6H,2-4H2,1H3,(H,15,16)(H2,14,17,18). The van der Waals surface area contributed by atoms with Gasteiger partial charge in [0.15, 0.2) is 0 Å². The Kier molecular flexibility index (Phi) is 6.06. The van der Waals surface area contributed by atoms with Gasteiger partial charge in [-0.2, -0.15) is 0 Å². The van der Waals surface area contributed by atoms with Gasteiger partial charge in [0.1, 0.15) is 5.82 Å². The predicted octanol–water partition coefficient (Wildman–Crippen LogP) is 1.00. The molecule has 0 saturated heterocycles. The van der Waals surface area contributed by atoms with Gasteiger partial charge in [-0.1, -0.05) is 0 Å². The molecule has 1 rings (SSSR count). The van der Waals surface area contributed by atoms with E-state index in [0.29, 0.717) is 19.6 Å². The lowest BCUT2D eigenvalue weighted by molar-refractivity contribution is 0.0948. The quantitative estimate of drug-likeness (QED) is 0.731. The monoisotopic (exact) mass is 368 g/mol. The van der Waals surface area contributed by atoms with Crippen LogP contribution in [0.2, 0.25) is 0 Å². The van der Waals surface area contributed by atoms with E-state index in [4.69, 9.17) is 9.88 Å². The van der Waals surface area contributed by atoms with E-state index in [1.165, 1.54) is 7.11 Å². The van der Waals surface area contributed by atoms with Gasteiger partial charge in [-0.05, 0) is 34.5 Å². The summed E-state index contributed by atoms with van der Waals surface area (Å²) in [7, 11) is -2.60. The van der Waals surface area contributed by atoms with E-state index in [1.807, 2.05) is 0 Å². The number of methoxy groups -OCH3 is 1. The maximum absolute atomic E-state index is 13.6. The molecular weight excluding hydrogens is 355 g/mol. The first-order chi connectivity index (χ1) is 9.27. The minimum atomic E-state index is -4.13. The predicted molar refractivity (Wildman–Crippen MR) is 74.3 cm³/mol. The number of carbonyl (C=O) groups excluding carboxylic acids is 1. The molecular formula is C11H14BrFN2O4S. The SMILES string of the molecule is COCCCNC(=O)c1cc(F)c(Br)c(S(N)(=O)=O)c1. The summed E-state index contributed by atoms with van der Waals surface area (Å²) in [6.45, 7) is 0.798. The molecule has 9 heteroatoms. The smallest absolute Gasteiger partial charge is 0.251 e. The van der Waals surface area contributed by atoms with E-state index in [1.54, 1.807) is 0 Å². The van der Waals surface area contributed by atoms with Gasteiger partial charge in [0.05, 0.1) is 9.37 Å². The number of carbonyl (C=O) groups is 1. The molecule has 0 bridgehead atoms. The zero-order valence-corrected chi connectivity index (χ0v) is 13.1. The van der Waals surface area contributed by atoms with Crippen LogP contribution in [0.1, 0.15) is 16.8 Å². The third-order valence-corrected chi connectivity index (χ3v) is 4.38. The van der Waals surface area contributed by atoms with Gasteiger partial charge in [-0.3, -0.25) is 4.79 Å². The Morgan fingerprint density at radius 1 is 1.50 bits per heavy atom. The molecule has 0 aliphatic carbocycles. The highest BCUT2D eigenvalue weighted by Gasteiger charge is 2.20. The first kappa shape index (κ1) is 17.0. The Bertz CT molecular complexity index is 607. The molecule has 0 unspecified atom stereocenters. The van der Waals surface area contributed by atoms with Gasteiger partial charge in [-0.15, -0.1) is 0 Å². The van der Waals surface area contributed by atoms with Gasteiger partial charge < -0.3 is 10.1 Å². The van der Waals surface area contributed by atoms with Crippen molar-refractivity contribution in [2.45, 2.75) is 11.3 Å². The van der Waals surface area contributed by atoms with Crippen LogP contribution < -0.4 is 10.5 Å². The summed E-state index contributed by atoms with van der Waals surface area (Å²) in [5.74, 6) is -1.46. The molecule has 0 saturated carbocycles. The van der Waals surface area contributed by atoms with Crippen molar-refractivity contribution in [1.29, 1.82) is 0 Å². The number of sulfonamides is 1. The van der Waals surface area contributed by atoms with E-state index in [2.05, 4.69) is 21.2 Å². The average Bonchev–Trinajstić information content (AvgIpc) is 2.36. The molecule has 112 valence electrons. The zero-order valence-electron chi connectivity index (χ0n) is 10.7. The van der Waals surface area contributed by atoms with Crippen molar-refractivity contribution in [3.05, 3.63) is 28.0 Å². The number of amides is 1. The van der Waals surface area contributed by atoms with Crippen LogP contribution in [-0.4, -0.2) is 34.6 Å². The molecule has 1 amide bonds. The molecule has 0 fully saturated rings. The molecule has 20 heavy (non-hydrogen) atoms. The number of primary sulfonamides is 1. The van der Waals surface area contributed by atoms with E-state index in [0.717, 1.165) is 12.1 Å². The van der Waals surface area contributed by atoms with Gasteiger partial charge >= 0.3 is 0 Å². The zero-order chi connectivity index (χ0) is 15.3. The van der Waals surface area contributed by atoms with Crippen molar-refractivity contribution in [1.82, 2.24) is 5.32 Å². The van der Waals surface area contributed by atoms with Crippen LogP contribution in [0.15, 0.2) is 21.5 Å². The molecule has 0 aliphatic heterocycles. The van der Waals surface area contributed by atoms with Gasteiger partial charge in [0, 0.05) is 25.8 Å². The highest BCUT2D eigenvalue weighted by Crippen LogP contribution is 2.25. The largest absolute Gasteiger partial charge is 0.385 e. The maximum atomic E-state index is 13.6. The lowest BCUT2D eigenvalue weighted by Crippen LogP contribution is -2.26. The first-order valence-corrected chi connectivity index (χ1v) is 7.90. The lowest BCUT2D eigenvalue weighted by Gasteiger charge is -2.08. The summed E-state index contributed by atoms with van der Waals surface area (Å²) in [6.07, 6.45) is 0.587. The average molecular weight is 369 g/mol. The van der Waals surface area contributed by atoms with Crippen LogP contribution >= 0.6 is 15.9 Å². The molecule has 0 aromatic heterocycles. The Hall–Kier alpha value is -1.03. The molecule has 1 aromatic carbocycles. The number of nitrogens with one attached hydrogen (secondary N) is 1. The minimum absolute atomic E-state index is 0.118. The fraction of sp³-hybridized carbons (Fsp3) is 0.364. The Balaban J connectivity index is 2.97. The van der Waals surface area contributed by atoms with Crippen LogP contribution in [-0.2, 0) is 14.8 Å². The van der Waals surface area contributed by atoms with Crippen molar-refractivity contribution >= 4 is 31.9 Å². The summed E-state index contributed by atoms with van der Waals surface area (Å²) in [5, 5.41) is 7.49. The van der Waals surface area contributed by atoms with Crippen LogP contribution in [0.5, 0.6) is 0 Å². The topological polar surface area (TPSA) is 98.5 Å². The molecule has 1 aromatic rings. The molecule has 0 atom stereocenters. The maximum Gasteiger partial charge on any atom is 0.251 e. The fourth-order valence-electron chi connectivity index (χ4n) is 1.42. The van der Waals surface area contributed by atoms with E-state index < -0.39 is 26.6 Å². The van der Waals surface area contributed by atoms with E-state index in [9.17, 15) is 17.6 Å². The molecule has 0 heterocycles. The highest BCUT2D eigenvalue weighted by molar-refractivity contribution is 9.10. The molecule has 0 aliphatic rings. The van der Waals surface area contributed by atoms with Crippen LogP contribution in [0.25, 0.3) is 0 Å². The third kappa shape index (κ3) is 4.51. The number of halogens is 2. The van der Waals surface area contributed by atoms with Crippen LogP contribution in [0.3, 0.4) is 0 Å². The second kappa shape index (κ2) is 7.11. The summed E-state index contributed by atoms with van der Waals surface area (Å²) in [6, 6.07) is 1.96. The lowest BCUT2D eigenvalue weighted by atomic mass is 10.2. The summed E-state index contributed by atoms with van der Waals surface area (Å²) in [5.41, 5.74) is -0.118. The highest BCUT2D eigenvalue weighted by atomic mass is 79.9. The Morgan fingerprint density at radius 3 is 2.70 bits per heavy atom. The molecule has 0 radical (unpaired) electrons. The minimum Gasteiger partial charge on any atom is -0.385 e. The van der Waals surface area contributed by atoms with Crippen LogP contribution in [0, 0.1) is 5.82 Å². The third-order valence-electron chi connectivity index (χ3n) is 2.37. The van der Waals surface area contributed by atoms with Crippen molar-refractivity contribution in [3.8, 4) is 0 Å². The van der Waals surface area contributed by atoms with E-state index >= 15 is 0 Å². The van der Waals surface area contributed by atoms with Crippen molar-refractivity contribution in [3.63, 3.8) is 0 Å². The van der Waals surface area contributed by atoms with Crippen LogP contribution in [0.4, 0.5) is 4.39 Å². The van der Waals surface area contributed by atoms with Crippen molar-refractivity contribution in [2.75, 3.05) is 20.3 Å². The number of nitrogens with two attached hydrogens (primary N) is 1. The number of ether oxygens (including phenoxy) is 1. The van der Waals surface area contributed by atoms with Crippen molar-refractivity contribution in [2.24, 2.45) is 5.14 Å². The second-order valence-corrected chi connectivity index (χ2v) is 6.24. The summed E-state index contributed by atoms with van der Waals surface area (Å²) < 4.78 is 40.8. The number of rotatable bonds is 6. The Labute approximate surface area is 124 Å². The van der Waals surface area contributed by atoms with Gasteiger partial charge in [0.25, 0.3) is 5.91 Å². The fourth-order valence-corrected chi connectivity index (χ4v) is 2.97. The van der Waals surface area contributed by atoms with Gasteiger partial charge in [-0.25, -0.2) is 17.9 Å². The molecule has 6 nitrogen and oxygen atoms in total. The second-order valence-electron chi connectivity index (χ2n) is 3.92. The van der Waals surface area contributed by atoms with E-state index in [-0.39, 0.29) is 10.0 Å². The number of hydrogen-bond donors (Lipinski definition) is 2. The number of hydrogen-bond acceptors (Lipinski definition) is 4. The van der Waals surface area contributed by atoms with Crippen molar-refractivity contribution < 1.29 is 22.3 Å².